The largest absolute Gasteiger partial charge is 0.194 e. The fourth-order valence-corrected chi connectivity index (χ4v) is 1.29. The van der Waals surface area contributed by atoms with E-state index in [0.717, 1.165) is 5.56 Å². The van der Waals surface area contributed by atoms with Crippen molar-refractivity contribution in [3.05, 3.63) is 35.9 Å². The number of hydrogen-bond donors (Lipinski definition) is 0. The normalized spacial score (nSPS) is 9.77. The van der Waals surface area contributed by atoms with Crippen molar-refractivity contribution in [1.29, 1.82) is 0 Å². The van der Waals surface area contributed by atoms with E-state index in [2.05, 4.69) is 0 Å². The summed E-state index contributed by atoms with van der Waals surface area (Å²) in [5, 5.41) is 0. The molecular formula is C8H9Cl5. The summed E-state index contributed by atoms with van der Waals surface area (Å²) < 4.78 is -1.18. The first kappa shape index (κ1) is 16.1. The van der Waals surface area contributed by atoms with Crippen LogP contribution in [-0.2, 0) is 6.42 Å². The molecule has 0 unspecified atom stereocenters. The van der Waals surface area contributed by atoms with Crippen molar-refractivity contribution in [1.82, 2.24) is 0 Å². The second kappa shape index (κ2) is 7.03. The van der Waals surface area contributed by atoms with Crippen LogP contribution in [0.2, 0.25) is 0 Å². The van der Waals surface area contributed by atoms with Crippen LogP contribution in [0.5, 0.6) is 0 Å². The van der Waals surface area contributed by atoms with Crippen molar-refractivity contribution >= 4 is 59.6 Å². The third kappa shape index (κ3) is 7.72. The van der Waals surface area contributed by atoms with Gasteiger partial charge in [-0.25, -0.2) is 0 Å². The number of alkyl halides is 3. The summed E-state index contributed by atoms with van der Waals surface area (Å²) in [5.41, 5.74) is 1.03. The molecule has 1 aromatic carbocycles. The Labute approximate surface area is 105 Å². The number of benzene rings is 1. The maximum absolute atomic E-state index is 5.60. The van der Waals surface area contributed by atoms with E-state index < -0.39 is 3.79 Å². The van der Waals surface area contributed by atoms with E-state index in [1.54, 1.807) is 0 Å². The first-order valence-electron chi connectivity index (χ1n) is 3.18. The fourth-order valence-electron chi connectivity index (χ4n) is 0.827. The molecule has 0 aliphatic heterocycles. The zero-order valence-electron chi connectivity index (χ0n) is 6.54. The van der Waals surface area contributed by atoms with Gasteiger partial charge in [0.2, 0.25) is 0 Å². The first-order chi connectivity index (χ1) is 5.08. The van der Waals surface area contributed by atoms with Gasteiger partial charge in [0, 0.05) is 6.42 Å². The van der Waals surface area contributed by atoms with Gasteiger partial charge in [0.15, 0.2) is 3.79 Å². The van der Waals surface area contributed by atoms with Gasteiger partial charge in [-0.15, -0.1) is 24.8 Å². The maximum atomic E-state index is 5.60. The van der Waals surface area contributed by atoms with Gasteiger partial charge in [-0.3, -0.25) is 0 Å². The number of halogens is 5. The molecule has 1 rings (SSSR count). The molecule has 0 radical (unpaired) electrons. The summed E-state index contributed by atoms with van der Waals surface area (Å²) in [5.74, 6) is 0. The number of hydrogen-bond acceptors (Lipinski definition) is 0. The minimum absolute atomic E-state index is 0. The predicted molar refractivity (Wildman–Crippen MR) is 64.9 cm³/mol. The molecule has 1 aromatic rings. The molecule has 0 nitrogen and oxygen atoms in total. The Morgan fingerprint density at radius 3 is 1.77 bits per heavy atom. The Bertz CT molecular complexity index is 216. The lowest BCUT2D eigenvalue weighted by atomic mass is 10.2. The van der Waals surface area contributed by atoms with E-state index >= 15 is 0 Å². The summed E-state index contributed by atoms with van der Waals surface area (Å²) in [4.78, 5) is 0. The van der Waals surface area contributed by atoms with Crippen molar-refractivity contribution in [3.8, 4) is 0 Å². The molecule has 0 amide bonds. The summed E-state index contributed by atoms with van der Waals surface area (Å²) >= 11 is 16.8. The Morgan fingerprint density at radius 1 is 0.923 bits per heavy atom. The topological polar surface area (TPSA) is 0 Å². The van der Waals surface area contributed by atoms with Crippen LogP contribution in [0.15, 0.2) is 30.3 Å². The lowest BCUT2D eigenvalue weighted by molar-refractivity contribution is 1.02. The Balaban J connectivity index is 0. The SMILES string of the molecule is Cl.Cl.ClC(Cl)(Cl)Cc1ccccc1. The van der Waals surface area contributed by atoms with E-state index in [0.29, 0.717) is 6.42 Å². The van der Waals surface area contributed by atoms with Gasteiger partial charge in [0.05, 0.1) is 0 Å². The van der Waals surface area contributed by atoms with E-state index in [1.165, 1.54) is 0 Å². The van der Waals surface area contributed by atoms with Crippen LogP contribution in [0, 0.1) is 0 Å². The van der Waals surface area contributed by atoms with Crippen LogP contribution < -0.4 is 0 Å². The van der Waals surface area contributed by atoms with Gasteiger partial charge in [-0.1, -0.05) is 65.1 Å². The zero-order chi connectivity index (χ0) is 8.32. The molecule has 0 aliphatic rings. The van der Waals surface area contributed by atoms with Gasteiger partial charge in [0.25, 0.3) is 0 Å². The Kier molecular flexibility index (Phi) is 8.71. The van der Waals surface area contributed by atoms with Crippen molar-refractivity contribution in [2.75, 3.05) is 0 Å². The average molecular weight is 282 g/mol. The van der Waals surface area contributed by atoms with Crippen LogP contribution in [0.4, 0.5) is 0 Å². The van der Waals surface area contributed by atoms with Gasteiger partial charge in [-0.05, 0) is 5.56 Å². The second-order valence-corrected chi connectivity index (χ2v) is 4.79. The molecule has 0 N–H and O–H groups in total. The lowest BCUT2D eigenvalue weighted by Crippen LogP contribution is -2.06. The van der Waals surface area contributed by atoms with Crippen LogP contribution in [0.1, 0.15) is 5.56 Å². The quantitative estimate of drug-likeness (QED) is 0.668. The average Bonchev–Trinajstić information content (AvgIpc) is 1.85. The first-order valence-corrected chi connectivity index (χ1v) is 4.32. The Morgan fingerprint density at radius 2 is 1.38 bits per heavy atom. The zero-order valence-corrected chi connectivity index (χ0v) is 10.4. The van der Waals surface area contributed by atoms with Crippen molar-refractivity contribution in [3.63, 3.8) is 0 Å². The van der Waals surface area contributed by atoms with Gasteiger partial charge < -0.3 is 0 Å². The Hall–Kier alpha value is 0.670. The highest BCUT2D eigenvalue weighted by molar-refractivity contribution is 6.67. The van der Waals surface area contributed by atoms with Crippen molar-refractivity contribution < 1.29 is 0 Å². The molecule has 0 aliphatic carbocycles. The van der Waals surface area contributed by atoms with E-state index in [4.69, 9.17) is 34.8 Å². The molecule has 0 fully saturated rings. The third-order valence-corrected chi connectivity index (χ3v) is 1.65. The smallest absolute Gasteiger partial charge is 0.147 e. The van der Waals surface area contributed by atoms with Gasteiger partial charge in [0.1, 0.15) is 0 Å². The highest BCUT2D eigenvalue weighted by atomic mass is 35.6. The summed E-state index contributed by atoms with van der Waals surface area (Å²) in [6.45, 7) is 0. The molecule has 0 saturated carbocycles. The van der Waals surface area contributed by atoms with Crippen LogP contribution >= 0.6 is 59.6 Å². The molecule has 0 saturated heterocycles. The highest BCUT2D eigenvalue weighted by Crippen LogP contribution is 2.29. The molecule has 0 atom stereocenters. The predicted octanol–water partition coefficient (Wildman–Crippen LogP) is 4.44. The van der Waals surface area contributed by atoms with Gasteiger partial charge in [-0.2, -0.15) is 0 Å². The van der Waals surface area contributed by atoms with Crippen LogP contribution in [0.25, 0.3) is 0 Å². The summed E-state index contributed by atoms with van der Waals surface area (Å²) in [7, 11) is 0. The molecule has 0 aromatic heterocycles. The van der Waals surface area contributed by atoms with Crippen molar-refractivity contribution in [2.24, 2.45) is 0 Å². The fraction of sp³-hybridized carbons (Fsp3) is 0.250. The standard InChI is InChI=1S/C8H7Cl3.2ClH/c9-8(10,11)6-7-4-2-1-3-5-7;;/h1-5H,6H2;2*1H. The third-order valence-electron chi connectivity index (χ3n) is 1.25. The van der Waals surface area contributed by atoms with Crippen LogP contribution in [0.3, 0.4) is 0 Å². The molecule has 13 heavy (non-hydrogen) atoms. The molecule has 5 heteroatoms. The van der Waals surface area contributed by atoms with Crippen molar-refractivity contribution in [2.45, 2.75) is 10.2 Å². The minimum atomic E-state index is -1.18. The highest BCUT2D eigenvalue weighted by Gasteiger charge is 2.19. The molecular weight excluding hydrogens is 273 g/mol. The minimum Gasteiger partial charge on any atom is -0.147 e. The van der Waals surface area contributed by atoms with Gasteiger partial charge >= 0.3 is 0 Å². The lowest BCUT2D eigenvalue weighted by Gasteiger charge is -2.09. The van der Waals surface area contributed by atoms with Crippen LogP contribution in [-0.4, -0.2) is 3.79 Å². The maximum Gasteiger partial charge on any atom is 0.194 e. The summed E-state index contributed by atoms with van der Waals surface area (Å²) in [6.07, 6.45) is 0.457. The van der Waals surface area contributed by atoms with E-state index in [9.17, 15) is 0 Å². The number of rotatable bonds is 1. The summed E-state index contributed by atoms with van der Waals surface area (Å²) in [6, 6.07) is 9.64. The molecule has 0 bridgehead atoms. The van der Waals surface area contributed by atoms with E-state index in [1.807, 2.05) is 30.3 Å². The molecule has 0 spiro atoms. The van der Waals surface area contributed by atoms with E-state index in [-0.39, 0.29) is 24.8 Å². The second-order valence-electron chi connectivity index (χ2n) is 2.28. The molecule has 0 heterocycles. The monoisotopic (exact) mass is 280 g/mol. The molecule has 76 valence electrons.